The number of aryl methyl sites for hydroxylation is 1. The summed E-state index contributed by atoms with van der Waals surface area (Å²) in [6.07, 6.45) is 9.59. The van der Waals surface area contributed by atoms with Gasteiger partial charge in [-0.3, -0.25) is 0 Å². The van der Waals surface area contributed by atoms with E-state index in [2.05, 4.69) is 46.2 Å². The molecule has 0 unspecified atom stereocenters. The first-order valence-electron chi connectivity index (χ1n) is 10.1. The van der Waals surface area contributed by atoms with Crippen LogP contribution in [0.1, 0.15) is 37.7 Å². The van der Waals surface area contributed by atoms with Crippen LogP contribution in [0.4, 0.5) is 5.95 Å². The molecule has 6 nitrogen and oxygen atoms in total. The van der Waals surface area contributed by atoms with Gasteiger partial charge in [0.15, 0.2) is 5.65 Å². The molecule has 7 heteroatoms. The predicted molar refractivity (Wildman–Crippen MR) is 112 cm³/mol. The van der Waals surface area contributed by atoms with Crippen LogP contribution in [0.15, 0.2) is 46.6 Å². The first kappa shape index (κ1) is 17.9. The maximum absolute atomic E-state index is 6.44. The van der Waals surface area contributed by atoms with E-state index in [0.29, 0.717) is 11.5 Å². The highest BCUT2D eigenvalue weighted by molar-refractivity contribution is 7.99. The van der Waals surface area contributed by atoms with Crippen molar-refractivity contribution in [1.82, 2.24) is 19.6 Å². The lowest BCUT2D eigenvalue weighted by atomic mass is 9.74. The summed E-state index contributed by atoms with van der Waals surface area (Å²) >= 11 is 1.70. The van der Waals surface area contributed by atoms with Crippen molar-refractivity contribution < 1.29 is 0 Å². The predicted octanol–water partition coefficient (Wildman–Crippen LogP) is 3.68. The van der Waals surface area contributed by atoms with E-state index in [9.17, 15) is 0 Å². The molecule has 1 aliphatic carbocycles. The number of nitrogens with two attached hydrogens (primary N) is 1. The molecule has 2 aliphatic rings. The van der Waals surface area contributed by atoms with Crippen LogP contribution >= 0.6 is 11.8 Å². The smallest absolute Gasteiger partial charge is 0.228 e. The highest BCUT2D eigenvalue weighted by atomic mass is 32.2. The van der Waals surface area contributed by atoms with Crippen LogP contribution in [0.3, 0.4) is 0 Å². The van der Waals surface area contributed by atoms with Gasteiger partial charge in [0.1, 0.15) is 6.33 Å². The van der Waals surface area contributed by atoms with Crippen molar-refractivity contribution in [2.45, 2.75) is 54.9 Å². The summed E-state index contributed by atoms with van der Waals surface area (Å²) in [5.74, 6) is 0.892. The second-order valence-corrected chi connectivity index (χ2v) is 9.22. The van der Waals surface area contributed by atoms with E-state index in [1.54, 1.807) is 18.1 Å². The summed E-state index contributed by atoms with van der Waals surface area (Å²) in [6, 6.07) is 8.75. The second kappa shape index (κ2) is 7.04. The van der Waals surface area contributed by atoms with Gasteiger partial charge in [-0.1, -0.05) is 36.4 Å². The summed E-state index contributed by atoms with van der Waals surface area (Å²) in [4.78, 5) is 13.9. The van der Waals surface area contributed by atoms with Crippen LogP contribution in [-0.4, -0.2) is 38.7 Å². The fourth-order valence-electron chi connectivity index (χ4n) is 4.80. The number of aromatic nitrogens is 4. The molecule has 0 amide bonds. The fraction of sp³-hybridized carbons (Fsp3) is 0.476. The largest absolute Gasteiger partial charge is 0.341 e. The SMILES string of the molecule is Cc1ccccc1Sc1cnc(N2CCC3(CCC[C@H]3N)CC2)n2ncnc12. The van der Waals surface area contributed by atoms with E-state index in [1.807, 2.05) is 10.7 Å². The molecule has 1 saturated carbocycles. The number of piperidine rings is 1. The quantitative estimate of drug-likeness (QED) is 0.731. The van der Waals surface area contributed by atoms with Crippen LogP contribution < -0.4 is 10.6 Å². The Bertz CT molecular complexity index is 991. The molecule has 1 atom stereocenters. The minimum absolute atomic E-state index is 0.346. The van der Waals surface area contributed by atoms with Crippen LogP contribution in [0.5, 0.6) is 0 Å². The molecule has 0 radical (unpaired) electrons. The Hall–Kier alpha value is -2.12. The molecule has 1 aromatic carbocycles. The third-order valence-corrected chi connectivity index (χ3v) is 7.77. The molecule has 2 fully saturated rings. The number of rotatable bonds is 3. The van der Waals surface area contributed by atoms with Crippen molar-refractivity contribution in [3.05, 3.63) is 42.4 Å². The van der Waals surface area contributed by atoms with Crippen molar-refractivity contribution >= 4 is 23.4 Å². The highest BCUT2D eigenvalue weighted by Gasteiger charge is 2.43. The average molecular weight is 395 g/mol. The van der Waals surface area contributed by atoms with Crippen molar-refractivity contribution in [2.24, 2.45) is 11.1 Å². The Morgan fingerprint density at radius 1 is 1.11 bits per heavy atom. The van der Waals surface area contributed by atoms with Crippen LogP contribution in [-0.2, 0) is 0 Å². The van der Waals surface area contributed by atoms with E-state index in [0.717, 1.165) is 42.4 Å². The number of hydrogen-bond donors (Lipinski definition) is 1. The maximum atomic E-state index is 6.44. The molecule has 3 aromatic rings. The molecular formula is C21H26N6S. The lowest BCUT2D eigenvalue weighted by molar-refractivity contribution is 0.196. The zero-order valence-corrected chi connectivity index (χ0v) is 17.0. The van der Waals surface area contributed by atoms with Crippen molar-refractivity contribution in [1.29, 1.82) is 0 Å². The lowest BCUT2D eigenvalue weighted by Gasteiger charge is -2.42. The van der Waals surface area contributed by atoms with Crippen molar-refractivity contribution in [3.63, 3.8) is 0 Å². The molecule has 1 aliphatic heterocycles. The van der Waals surface area contributed by atoms with Crippen molar-refractivity contribution in [3.8, 4) is 0 Å². The zero-order valence-electron chi connectivity index (χ0n) is 16.2. The van der Waals surface area contributed by atoms with Gasteiger partial charge in [0, 0.05) is 30.2 Å². The molecular weight excluding hydrogens is 368 g/mol. The Morgan fingerprint density at radius 2 is 1.93 bits per heavy atom. The standard InChI is InChI=1S/C21H26N6S/c1-15-5-2-3-6-16(15)28-17-13-23-20(27-19(17)24-14-25-27)26-11-9-21(10-12-26)8-4-7-18(21)22/h2-3,5-6,13-14,18H,4,7-12,22H2,1H3/t18-/m1/s1. The Morgan fingerprint density at radius 3 is 2.68 bits per heavy atom. The number of anilines is 1. The molecule has 28 heavy (non-hydrogen) atoms. The van der Waals surface area contributed by atoms with Crippen LogP contribution in [0.25, 0.3) is 5.65 Å². The van der Waals surface area contributed by atoms with E-state index < -0.39 is 0 Å². The summed E-state index contributed by atoms with van der Waals surface area (Å²) in [5, 5.41) is 4.49. The van der Waals surface area contributed by atoms with Gasteiger partial charge in [0.2, 0.25) is 5.95 Å². The first-order valence-corrected chi connectivity index (χ1v) is 10.9. The van der Waals surface area contributed by atoms with E-state index in [4.69, 9.17) is 10.7 Å². The monoisotopic (exact) mass is 394 g/mol. The van der Waals surface area contributed by atoms with Crippen LogP contribution in [0.2, 0.25) is 0 Å². The Balaban J connectivity index is 1.41. The molecule has 1 spiro atoms. The van der Waals surface area contributed by atoms with E-state index >= 15 is 0 Å². The molecule has 2 aromatic heterocycles. The first-order chi connectivity index (χ1) is 13.7. The van der Waals surface area contributed by atoms with Gasteiger partial charge in [0.25, 0.3) is 0 Å². The van der Waals surface area contributed by atoms with Gasteiger partial charge < -0.3 is 10.6 Å². The molecule has 146 valence electrons. The Kier molecular flexibility index (Phi) is 4.51. The minimum Gasteiger partial charge on any atom is -0.341 e. The number of fused-ring (bicyclic) bond motifs is 1. The second-order valence-electron chi connectivity index (χ2n) is 8.13. The van der Waals surface area contributed by atoms with Gasteiger partial charge in [-0.15, -0.1) is 0 Å². The lowest BCUT2D eigenvalue weighted by Crippen LogP contribution is -2.47. The molecule has 2 N–H and O–H groups in total. The summed E-state index contributed by atoms with van der Waals surface area (Å²) in [6.45, 7) is 4.10. The molecule has 5 rings (SSSR count). The fourth-order valence-corrected chi connectivity index (χ4v) is 5.75. The number of hydrogen-bond acceptors (Lipinski definition) is 6. The van der Waals surface area contributed by atoms with Crippen LogP contribution in [0, 0.1) is 12.3 Å². The maximum Gasteiger partial charge on any atom is 0.228 e. The summed E-state index contributed by atoms with van der Waals surface area (Å²) in [5.41, 5.74) is 8.91. The normalized spacial score (nSPS) is 21.6. The highest BCUT2D eigenvalue weighted by Crippen LogP contribution is 2.46. The van der Waals surface area contributed by atoms with Gasteiger partial charge >= 0.3 is 0 Å². The topological polar surface area (TPSA) is 72.3 Å². The number of nitrogens with zero attached hydrogens (tertiary/aromatic N) is 5. The summed E-state index contributed by atoms with van der Waals surface area (Å²) in [7, 11) is 0. The van der Waals surface area contributed by atoms with E-state index in [1.165, 1.54) is 29.7 Å². The minimum atomic E-state index is 0.346. The van der Waals surface area contributed by atoms with Gasteiger partial charge in [-0.25, -0.2) is 9.97 Å². The summed E-state index contributed by atoms with van der Waals surface area (Å²) < 4.78 is 1.90. The third-order valence-electron chi connectivity index (χ3n) is 6.59. The van der Waals surface area contributed by atoms with Crippen molar-refractivity contribution in [2.75, 3.05) is 18.0 Å². The third kappa shape index (κ3) is 2.97. The number of benzene rings is 1. The van der Waals surface area contributed by atoms with Gasteiger partial charge in [-0.2, -0.15) is 9.61 Å². The molecule has 3 heterocycles. The average Bonchev–Trinajstić information content (AvgIpc) is 3.33. The zero-order chi connectivity index (χ0) is 19.1. The van der Waals surface area contributed by atoms with Gasteiger partial charge in [0.05, 0.1) is 4.90 Å². The van der Waals surface area contributed by atoms with Gasteiger partial charge in [-0.05, 0) is 49.7 Å². The molecule has 0 bridgehead atoms. The Labute approximate surface area is 169 Å². The molecule has 1 saturated heterocycles. The van der Waals surface area contributed by atoms with E-state index in [-0.39, 0.29) is 0 Å².